The fourth-order valence-electron chi connectivity index (χ4n) is 1.45. The van der Waals surface area contributed by atoms with Crippen LogP contribution in [-0.4, -0.2) is 28.4 Å². The van der Waals surface area contributed by atoms with Crippen molar-refractivity contribution in [3.63, 3.8) is 0 Å². The van der Waals surface area contributed by atoms with Gasteiger partial charge in [-0.25, -0.2) is 9.89 Å². The SMILES string of the molecule is O=c1[nH]nc(C2CCOCC2)[nH]1. The normalized spacial score (nSPS) is 19.7. The van der Waals surface area contributed by atoms with Gasteiger partial charge in [-0.1, -0.05) is 0 Å². The third-order valence-electron chi connectivity index (χ3n) is 2.13. The van der Waals surface area contributed by atoms with Crippen LogP contribution >= 0.6 is 0 Å². The van der Waals surface area contributed by atoms with Crippen molar-refractivity contribution < 1.29 is 4.74 Å². The van der Waals surface area contributed by atoms with Crippen molar-refractivity contribution in [1.29, 1.82) is 0 Å². The van der Waals surface area contributed by atoms with E-state index in [-0.39, 0.29) is 5.69 Å². The number of aromatic nitrogens is 3. The van der Waals surface area contributed by atoms with Crippen LogP contribution in [0.15, 0.2) is 4.79 Å². The topological polar surface area (TPSA) is 70.8 Å². The molecule has 1 saturated heterocycles. The van der Waals surface area contributed by atoms with Gasteiger partial charge in [0.15, 0.2) is 0 Å². The van der Waals surface area contributed by atoms with E-state index in [4.69, 9.17) is 4.74 Å². The number of hydrogen-bond donors (Lipinski definition) is 2. The number of rotatable bonds is 1. The van der Waals surface area contributed by atoms with E-state index in [0.29, 0.717) is 5.92 Å². The van der Waals surface area contributed by atoms with Crippen molar-refractivity contribution >= 4 is 0 Å². The third-order valence-corrected chi connectivity index (χ3v) is 2.13. The molecule has 0 amide bonds. The Hall–Kier alpha value is -1.10. The number of nitrogens with one attached hydrogen (secondary N) is 2. The number of nitrogens with zero attached hydrogens (tertiary/aromatic N) is 1. The number of H-pyrrole nitrogens is 2. The van der Waals surface area contributed by atoms with E-state index < -0.39 is 0 Å². The lowest BCUT2D eigenvalue weighted by Gasteiger charge is -2.19. The summed E-state index contributed by atoms with van der Waals surface area (Å²) >= 11 is 0. The summed E-state index contributed by atoms with van der Waals surface area (Å²) in [7, 11) is 0. The molecule has 0 aliphatic carbocycles. The maximum absolute atomic E-state index is 10.7. The third kappa shape index (κ3) is 1.40. The van der Waals surface area contributed by atoms with E-state index in [1.165, 1.54) is 0 Å². The van der Waals surface area contributed by atoms with Crippen molar-refractivity contribution in [3.05, 3.63) is 16.3 Å². The van der Waals surface area contributed by atoms with Gasteiger partial charge in [0.25, 0.3) is 0 Å². The monoisotopic (exact) mass is 169 g/mol. The zero-order valence-electron chi connectivity index (χ0n) is 6.67. The van der Waals surface area contributed by atoms with Crippen LogP contribution in [0.25, 0.3) is 0 Å². The van der Waals surface area contributed by atoms with Crippen LogP contribution in [0.4, 0.5) is 0 Å². The van der Waals surface area contributed by atoms with E-state index in [9.17, 15) is 4.79 Å². The molecule has 0 spiro atoms. The summed E-state index contributed by atoms with van der Waals surface area (Å²) in [5, 5.41) is 6.25. The fraction of sp³-hybridized carbons (Fsp3) is 0.714. The first-order valence-corrected chi connectivity index (χ1v) is 4.08. The molecule has 0 bridgehead atoms. The number of hydrogen-bond acceptors (Lipinski definition) is 3. The average molecular weight is 169 g/mol. The van der Waals surface area contributed by atoms with Crippen molar-refractivity contribution in [2.45, 2.75) is 18.8 Å². The molecule has 1 fully saturated rings. The lowest BCUT2D eigenvalue weighted by atomic mass is 10.00. The molecule has 0 unspecified atom stereocenters. The summed E-state index contributed by atoms with van der Waals surface area (Å²) in [5.74, 6) is 1.13. The molecule has 0 aromatic carbocycles. The molecule has 1 aliphatic heterocycles. The second kappa shape index (κ2) is 3.10. The lowest BCUT2D eigenvalue weighted by Crippen LogP contribution is -2.15. The molecule has 2 heterocycles. The highest BCUT2D eigenvalue weighted by Gasteiger charge is 2.18. The largest absolute Gasteiger partial charge is 0.381 e. The van der Waals surface area contributed by atoms with Crippen molar-refractivity contribution in [2.24, 2.45) is 0 Å². The molecule has 12 heavy (non-hydrogen) atoms. The lowest BCUT2D eigenvalue weighted by molar-refractivity contribution is 0.0836. The molecule has 2 N–H and O–H groups in total. The standard InChI is InChI=1S/C7H11N3O2/c11-7-8-6(9-10-7)5-1-3-12-4-2-5/h5H,1-4H2,(H2,8,9,10,11). The van der Waals surface area contributed by atoms with Gasteiger partial charge in [0.05, 0.1) is 0 Å². The molecule has 0 radical (unpaired) electrons. The molecule has 0 atom stereocenters. The van der Waals surface area contributed by atoms with Crippen LogP contribution in [0.3, 0.4) is 0 Å². The minimum Gasteiger partial charge on any atom is -0.381 e. The van der Waals surface area contributed by atoms with Gasteiger partial charge in [0, 0.05) is 19.1 Å². The first-order valence-electron chi connectivity index (χ1n) is 4.08. The van der Waals surface area contributed by atoms with Gasteiger partial charge in [-0.15, -0.1) is 0 Å². The average Bonchev–Trinajstić information content (AvgIpc) is 2.54. The first-order chi connectivity index (χ1) is 5.86. The summed E-state index contributed by atoms with van der Waals surface area (Å²) in [4.78, 5) is 13.4. The number of aromatic amines is 2. The van der Waals surface area contributed by atoms with Gasteiger partial charge >= 0.3 is 5.69 Å². The fourth-order valence-corrected chi connectivity index (χ4v) is 1.45. The Bertz CT molecular complexity index is 298. The highest BCUT2D eigenvalue weighted by molar-refractivity contribution is 4.93. The summed E-state index contributed by atoms with van der Waals surface area (Å²) in [6.45, 7) is 1.53. The predicted octanol–water partition coefficient (Wildman–Crippen LogP) is -0.00800. The summed E-state index contributed by atoms with van der Waals surface area (Å²) in [6.07, 6.45) is 1.89. The summed E-state index contributed by atoms with van der Waals surface area (Å²) < 4.78 is 5.20. The Kier molecular flexibility index (Phi) is 1.95. The van der Waals surface area contributed by atoms with E-state index in [1.54, 1.807) is 0 Å². The maximum atomic E-state index is 10.7. The second-order valence-electron chi connectivity index (χ2n) is 2.95. The molecule has 1 aliphatic rings. The van der Waals surface area contributed by atoms with Crippen molar-refractivity contribution in [2.75, 3.05) is 13.2 Å². The molecule has 66 valence electrons. The Balaban J connectivity index is 2.13. The molecular formula is C7H11N3O2. The van der Waals surface area contributed by atoms with Gasteiger partial charge < -0.3 is 4.74 Å². The van der Waals surface area contributed by atoms with Gasteiger partial charge in [0.1, 0.15) is 5.82 Å². The van der Waals surface area contributed by atoms with Crippen LogP contribution in [0.2, 0.25) is 0 Å². The van der Waals surface area contributed by atoms with Crippen molar-refractivity contribution in [3.8, 4) is 0 Å². The Morgan fingerprint density at radius 2 is 2.17 bits per heavy atom. The van der Waals surface area contributed by atoms with E-state index in [1.807, 2.05) is 0 Å². The highest BCUT2D eigenvalue weighted by Crippen LogP contribution is 2.22. The molecular weight excluding hydrogens is 158 g/mol. The Labute approximate surface area is 69.1 Å². The van der Waals surface area contributed by atoms with Crippen molar-refractivity contribution in [1.82, 2.24) is 15.2 Å². The molecule has 1 aromatic heterocycles. The zero-order chi connectivity index (χ0) is 8.39. The van der Waals surface area contributed by atoms with Crippen LogP contribution in [-0.2, 0) is 4.74 Å². The van der Waals surface area contributed by atoms with Gasteiger partial charge in [-0.05, 0) is 12.8 Å². The number of ether oxygens (including phenoxy) is 1. The van der Waals surface area contributed by atoms with Gasteiger partial charge in [0.2, 0.25) is 0 Å². The minimum absolute atomic E-state index is 0.225. The van der Waals surface area contributed by atoms with Gasteiger partial charge in [-0.2, -0.15) is 5.10 Å². The first kappa shape index (κ1) is 7.54. The highest BCUT2D eigenvalue weighted by atomic mass is 16.5. The van der Waals surface area contributed by atoms with Crippen LogP contribution in [0.1, 0.15) is 24.6 Å². The Morgan fingerprint density at radius 1 is 1.42 bits per heavy atom. The maximum Gasteiger partial charge on any atom is 0.340 e. The quantitative estimate of drug-likeness (QED) is 0.621. The summed E-state index contributed by atoms with van der Waals surface area (Å²) in [6, 6.07) is 0. The van der Waals surface area contributed by atoms with E-state index >= 15 is 0 Å². The minimum atomic E-state index is -0.225. The summed E-state index contributed by atoms with van der Waals surface area (Å²) in [5.41, 5.74) is -0.225. The molecule has 5 heteroatoms. The van der Waals surface area contributed by atoms with Crippen LogP contribution in [0.5, 0.6) is 0 Å². The van der Waals surface area contributed by atoms with E-state index in [0.717, 1.165) is 31.9 Å². The van der Waals surface area contributed by atoms with Crippen LogP contribution < -0.4 is 5.69 Å². The van der Waals surface area contributed by atoms with Gasteiger partial charge in [-0.3, -0.25) is 4.98 Å². The molecule has 5 nitrogen and oxygen atoms in total. The molecule has 0 saturated carbocycles. The zero-order valence-corrected chi connectivity index (χ0v) is 6.67. The smallest absolute Gasteiger partial charge is 0.340 e. The Morgan fingerprint density at radius 3 is 2.75 bits per heavy atom. The second-order valence-corrected chi connectivity index (χ2v) is 2.95. The molecule has 2 rings (SSSR count). The van der Waals surface area contributed by atoms with Crippen LogP contribution in [0, 0.1) is 0 Å². The predicted molar refractivity (Wildman–Crippen MR) is 42.0 cm³/mol. The molecule has 1 aromatic rings. The van der Waals surface area contributed by atoms with E-state index in [2.05, 4.69) is 15.2 Å².